The second-order valence-electron chi connectivity index (χ2n) is 3.08. The Kier molecular flexibility index (Phi) is 5.42. The molecule has 0 amide bonds. The van der Waals surface area contributed by atoms with Crippen LogP contribution in [0.4, 0.5) is 4.39 Å². The number of hydrogen-bond donors (Lipinski definition) is 6. The van der Waals surface area contributed by atoms with Gasteiger partial charge in [-0.25, -0.2) is 4.39 Å². The summed E-state index contributed by atoms with van der Waals surface area (Å²) in [7, 11) is 0. The van der Waals surface area contributed by atoms with Crippen molar-refractivity contribution in [3.63, 3.8) is 0 Å². The number of halogens is 1. The molecule has 0 spiro atoms. The Morgan fingerprint density at radius 2 is 1.07 bits per heavy atom. The molecule has 0 aliphatic carbocycles. The summed E-state index contributed by atoms with van der Waals surface area (Å²) < 4.78 is 12.1. The molecule has 6 atom stereocenters. The van der Waals surface area contributed by atoms with Crippen molar-refractivity contribution in [1.29, 1.82) is 0 Å². The summed E-state index contributed by atoms with van der Waals surface area (Å²) in [6, 6.07) is 0. The number of aliphatic hydroxyl groups excluding tert-OH is 6. The van der Waals surface area contributed by atoms with Gasteiger partial charge in [0.15, 0.2) is 0 Å². The van der Waals surface area contributed by atoms with Crippen LogP contribution in [0, 0.1) is 0 Å². The molecule has 0 saturated carbocycles. The van der Waals surface area contributed by atoms with Crippen LogP contribution in [0.3, 0.4) is 0 Å². The van der Waals surface area contributed by atoms with Crippen LogP contribution in [-0.2, 0) is 0 Å². The van der Waals surface area contributed by atoms with Crippen LogP contribution < -0.4 is 0 Å². The zero-order chi connectivity index (χ0) is 11.5. The van der Waals surface area contributed by atoms with Gasteiger partial charge in [0.2, 0.25) is 6.36 Å². The summed E-state index contributed by atoms with van der Waals surface area (Å²) >= 11 is 0. The van der Waals surface area contributed by atoms with Gasteiger partial charge in [0, 0.05) is 0 Å². The van der Waals surface area contributed by atoms with Crippen LogP contribution in [0.15, 0.2) is 0 Å². The predicted octanol–water partition coefficient (Wildman–Crippen LogP) is -2.90. The SMILES string of the molecule is C[C@H](O)[C@@H](O)[C@@H](O)[C@H](O)[C@H](O)[C@@H](O)F. The highest BCUT2D eigenvalue weighted by molar-refractivity contribution is 4.84. The fourth-order valence-corrected chi connectivity index (χ4v) is 0.852. The highest BCUT2D eigenvalue weighted by Gasteiger charge is 2.35. The Balaban J connectivity index is 4.30. The van der Waals surface area contributed by atoms with Crippen molar-refractivity contribution in [2.45, 2.75) is 43.8 Å². The van der Waals surface area contributed by atoms with Crippen molar-refractivity contribution in [2.24, 2.45) is 0 Å². The Hall–Kier alpha value is -0.310. The molecular weight excluding hydrogens is 199 g/mol. The smallest absolute Gasteiger partial charge is 0.225 e. The van der Waals surface area contributed by atoms with E-state index in [1.807, 2.05) is 0 Å². The zero-order valence-corrected chi connectivity index (χ0v) is 7.53. The molecule has 0 heterocycles. The van der Waals surface area contributed by atoms with Gasteiger partial charge in [-0.3, -0.25) is 0 Å². The highest BCUT2D eigenvalue weighted by Crippen LogP contribution is 2.11. The first kappa shape index (κ1) is 13.7. The van der Waals surface area contributed by atoms with E-state index in [9.17, 15) is 4.39 Å². The third-order valence-corrected chi connectivity index (χ3v) is 1.83. The quantitative estimate of drug-likeness (QED) is 0.292. The second-order valence-corrected chi connectivity index (χ2v) is 3.08. The molecule has 0 aliphatic rings. The van der Waals surface area contributed by atoms with Gasteiger partial charge in [-0.15, -0.1) is 0 Å². The van der Waals surface area contributed by atoms with Gasteiger partial charge >= 0.3 is 0 Å². The predicted molar refractivity (Wildman–Crippen MR) is 42.8 cm³/mol. The molecule has 0 aromatic carbocycles. The summed E-state index contributed by atoms with van der Waals surface area (Å²) in [5.74, 6) is 0. The third-order valence-electron chi connectivity index (χ3n) is 1.83. The van der Waals surface area contributed by atoms with E-state index in [1.165, 1.54) is 0 Å². The summed E-state index contributed by atoms with van der Waals surface area (Å²) in [6.45, 7) is 1.14. The molecule has 86 valence electrons. The van der Waals surface area contributed by atoms with Gasteiger partial charge in [0.25, 0.3) is 0 Å². The van der Waals surface area contributed by atoms with Crippen LogP contribution in [0.2, 0.25) is 0 Å². The van der Waals surface area contributed by atoms with Crippen LogP contribution >= 0.6 is 0 Å². The van der Waals surface area contributed by atoms with E-state index in [0.717, 1.165) is 6.92 Å². The number of aliphatic hydroxyl groups is 6. The number of rotatable bonds is 5. The average Bonchev–Trinajstić information content (AvgIpc) is 2.12. The molecular formula is C7H15FO6. The molecule has 0 unspecified atom stereocenters. The molecule has 0 aromatic heterocycles. The van der Waals surface area contributed by atoms with Gasteiger partial charge in [-0.2, -0.15) is 0 Å². The van der Waals surface area contributed by atoms with Crippen molar-refractivity contribution >= 4 is 0 Å². The van der Waals surface area contributed by atoms with E-state index in [2.05, 4.69) is 0 Å². The Morgan fingerprint density at radius 1 is 0.714 bits per heavy atom. The summed E-state index contributed by atoms with van der Waals surface area (Å²) in [5.41, 5.74) is 0. The largest absolute Gasteiger partial charge is 0.391 e. The molecule has 0 saturated heterocycles. The highest BCUT2D eigenvalue weighted by atomic mass is 19.1. The van der Waals surface area contributed by atoms with Gasteiger partial charge in [0.1, 0.15) is 24.4 Å². The van der Waals surface area contributed by atoms with E-state index < -0.39 is 36.9 Å². The van der Waals surface area contributed by atoms with Crippen LogP contribution in [-0.4, -0.2) is 67.5 Å². The summed E-state index contributed by atoms with van der Waals surface area (Å²) in [6.07, 6.45) is -12.1. The van der Waals surface area contributed by atoms with E-state index in [-0.39, 0.29) is 0 Å². The van der Waals surface area contributed by atoms with Crippen molar-refractivity contribution in [1.82, 2.24) is 0 Å². The third kappa shape index (κ3) is 3.45. The molecule has 0 radical (unpaired) electrons. The zero-order valence-electron chi connectivity index (χ0n) is 7.53. The lowest BCUT2D eigenvalue weighted by Gasteiger charge is -2.27. The molecule has 0 fully saturated rings. The monoisotopic (exact) mass is 214 g/mol. The van der Waals surface area contributed by atoms with Gasteiger partial charge in [-0.05, 0) is 6.92 Å². The average molecular weight is 214 g/mol. The molecule has 0 bridgehead atoms. The Bertz CT molecular complexity index is 146. The molecule has 0 rings (SSSR count). The van der Waals surface area contributed by atoms with Gasteiger partial charge in [0.05, 0.1) is 6.10 Å². The molecule has 14 heavy (non-hydrogen) atoms. The number of hydrogen-bond acceptors (Lipinski definition) is 6. The van der Waals surface area contributed by atoms with Crippen molar-refractivity contribution in [3.05, 3.63) is 0 Å². The minimum atomic E-state index is -2.74. The standard InChI is InChI=1S/C7H15FO6/c1-2(9)3(10)4(11)5(12)6(13)7(8)14/h2-7,9-14H,1H3/t2-,3+,4+,5-,6-,7+/m0/s1. The van der Waals surface area contributed by atoms with Gasteiger partial charge in [-0.1, -0.05) is 0 Å². The van der Waals surface area contributed by atoms with Crippen molar-refractivity contribution < 1.29 is 35.0 Å². The first-order chi connectivity index (χ1) is 6.29. The van der Waals surface area contributed by atoms with Crippen LogP contribution in [0.1, 0.15) is 6.92 Å². The van der Waals surface area contributed by atoms with Crippen molar-refractivity contribution in [3.8, 4) is 0 Å². The first-order valence-corrected chi connectivity index (χ1v) is 4.01. The van der Waals surface area contributed by atoms with Crippen molar-refractivity contribution in [2.75, 3.05) is 0 Å². The van der Waals surface area contributed by atoms with Gasteiger partial charge < -0.3 is 30.6 Å². The van der Waals surface area contributed by atoms with Crippen LogP contribution in [0.25, 0.3) is 0 Å². The lowest BCUT2D eigenvalue weighted by atomic mass is 10.00. The minimum Gasteiger partial charge on any atom is -0.391 e. The van der Waals surface area contributed by atoms with E-state index in [4.69, 9.17) is 30.6 Å². The first-order valence-electron chi connectivity index (χ1n) is 4.01. The summed E-state index contributed by atoms with van der Waals surface area (Å²) in [5, 5.41) is 52.9. The molecule has 0 aromatic rings. The van der Waals surface area contributed by atoms with E-state index >= 15 is 0 Å². The van der Waals surface area contributed by atoms with E-state index in [0.29, 0.717) is 0 Å². The normalized spacial score (nSPS) is 24.9. The van der Waals surface area contributed by atoms with Crippen LogP contribution in [0.5, 0.6) is 0 Å². The minimum absolute atomic E-state index is 1.14. The topological polar surface area (TPSA) is 121 Å². The fraction of sp³-hybridized carbons (Fsp3) is 1.00. The Morgan fingerprint density at radius 3 is 1.36 bits per heavy atom. The maximum Gasteiger partial charge on any atom is 0.225 e. The number of alkyl halides is 1. The lowest BCUT2D eigenvalue weighted by Crippen LogP contribution is -2.50. The molecule has 6 nitrogen and oxygen atoms in total. The molecule has 6 N–H and O–H groups in total. The second kappa shape index (κ2) is 5.54. The maximum atomic E-state index is 12.1. The Labute approximate surface area is 79.9 Å². The lowest BCUT2D eigenvalue weighted by molar-refractivity contribution is -0.172. The molecule has 0 aliphatic heterocycles. The fourth-order valence-electron chi connectivity index (χ4n) is 0.852. The van der Waals surface area contributed by atoms with E-state index in [1.54, 1.807) is 0 Å². The maximum absolute atomic E-state index is 12.1. The summed E-state index contributed by atoms with van der Waals surface area (Å²) in [4.78, 5) is 0. The molecule has 7 heteroatoms.